The van der Waals surface area contributed by atoms with Crippen LogP contribution in [-0.2, 0) is 0 Å². The Morgan fingerprint density at radius 2 is 0.528 bits per heavy atom. The number of hydrogen-bond acceptors (Lipinski definition) is 0. The molecule has 0 rings (SSSR count). The Morgan fingerprint density at radius 1 is 0.306 bits per heavy atom. The van der Waals surface area contributed by atoms with Crippen molar-refractivity contribution >= 4 is 0 Å². The molecule has 0 heterocycles. The maximum absolute atomic E-state index is 2.55. The van der Waals surface area contributed by atoms with Crippen molar-refractivity contribution in [2.75, 3.05) is 0 Å². The van der Waals surface area contributed by atoms with E-state index in [0.717, 1.165) is 0 Å². The summed E-state index contributed by atoms with van der Waals surface area (Å²) in [6.07, 6.45) is 47.5. The summed E-state index contributed by atoms with van der Waals surface area (Å²) in [5, 5.41) is 0. The zero-order valence-corrected chi connectivity index (χ0v) is 26.0. The van der Waals surface area contributed by atoms with Gasteiger partial charge in [0.1, 0.15) is 0 Å². The minimum atomic E-state index is 1.23. The first kappa shape index (κ1) is 35.7. The average Bonchev–Trinajstić information content (AvgIpc) is 2.89. The van der Waals surface area contributed by atoms with Crippen LogP contribution >= 0.6 is 0 Å². The van der Waals surface area contributed by atoms with Gasteiger partial charge < -0.3 is 0 Å². The van der Waals surface area contributed by atoms with E-state index < -0.39 is 0 Å². The minimum Gasteiger partial charge on any atom is -0.0856 e. The lowest BCUT2D eigenvalue weighted by atomic mass is 9.98. The van der Waals surface area contributed by atoms with E-state index in [0.29, 0.717) is 0 Å². The molecular formula is C36H72. The van der Waals surface area contributed by atoms with Gasteiger partial charge in [-0.3, -0.25) is 0 Å². The summed E-state index contributed by atoms with van der Waals surface area (Å²) in [6.45, 7) is 6.93. The van der Waals surface area contributed by atoms with Gasteiger partial charge in [0, 0.05) is 0 Å². The molecule has 0 aliphatic rings. The van der Waals surface area contributed by atoms with Crippen LogP contribution in [0.25, 0.3) is 0 Å². The van der Waals surface area contributed by atoms with Crippen LogP contribution in [0.15, 0.2) is 11.6 Å². The molecule has 0 radical (unpaired) electrons. The zero-order chi connectivity index (χ0) is 26.2. The Hall–Kier alpha value is -0.260. The van der Waals surface area contributed by atoms with Crippen molar-refractivity contribution in [2.45, 2.75) is 220 Å². The van der Waals surface area contributed by atoms with E-state index in [1.807, 2.05) is 0 Å². The summed E-state index contributed by atoms with van der Waals surface area (Å²) in [7, 11) is 0. The second-order valence-electron chi connectivity index (χ2n) is 12.0. The molecule has 0 aliphatic carbocycles. The summed E-state index contributed by atoms with van der Waals surface area (Å²) in [6, 6.07) is 0. The van der Waals surface area contributed by atoms with Crippen LogP contribution in [0.4, 0.5) is 0 Å². The van der Waals surface area contributed by atoms with E-state index in [1.165, 1.54) is 199 Å². The summed E-state index contributed by atoms with van der Waals surface area (Å²) in [5.41, 5.74) is 1.77. The average molecular weight is 505 g/mol. The van der Waals surface area contributed by atoms with Gasteiger partial charge in [-0.1, -0.05) is 199 Å². The maximum atomic E-state index is 2.55. The van der Waals surface area contributed by atoms with E-state index >= 15 is 0 Å². The molecule has 0 aliphatic heterocycles. The van der Waals surface area contributed by atoms with Gasteiger partial charge in [-0.25, -0.2) is 0 Å². The van der Waals surface area contributed by atoms with Crippen molar-refractivity contribution in [3.8, 4) is 0 Å². The lowest BCUT2D eigenvalue weighted by molar-refractivity contribution is 0.530. The first-order valence-corrected chi connectivity index (χ1v) is 17.5. The Kier molecular flexibility index (Phi) is 32.5. The van der Waals surface area contributed by atoms with Gasteiger partial charge in [0.15, 0.2) is 0 Å². The predicted octanol–water partition coefficient (Wildman–Crippen LogP) is 14.1. The van der Waals surface area contributed by atoms with Gasteiger partial charge >= 0.3 is 0 Å². The molecule has 0 unspecified atom stereocenters. The lowest BCUT2D eigenvalue weighted by Crippen LogP contribution is -1.88. The molecule has 0 aromatic rings. The Labute approximate surface area is 231 Å². The number of allylic oxidation sites excluding steroid dienone is 2. The topological polar surface area (TPSA) is 0 Å². The second kappa shape index (κ2) is 32.8. The fraction of sp³-hybridized carbons (Fsp3) is 0.944. The van der Waals surface area contributed by atoms with Gasteiger partial charge in [-0.05, 0) is 32.1 Å². The van der Waals surface area contributed by atoms with Gasteiger partial charge in [0.25, 0.3) is 0 Å². The van der Waals surface area contributed by atoms with E-state index in [1.54, 1.807) is 5.57 Å². The first-order chi connectivity index (χ1) is 17.8. The number of hydrogen-bond donors (Lipinski definition) is 0. The molecule has 0 saturated carbocycles. The predicted molar refractivity (Wildman–Crippen MR) is 168 cm³/mol. The zero-order valence-electron chi connectivity index (χ0n) is 26.0. The smallest absolute Gasteiger partial charge is 0.0320 e. The van der Waals surface area contributed by atoms with Crippen LogP contribution < -0.4 is 0 Å². The third-order valence-corrected chi connectivity index (χ3v) is 8.20. The highest BCUT2D eigenvalue weighted by molar-refractivity contribution is 5.01. The quantitative estimate of drug-likeness (QED) is 0.0650. The lowest BCUT2D eigenvalue weighted by Gasteiger charge is -2.08. The van der Waals surface area contributed by atoms with Gasteiger partial charge in [0.05, 0.1) is 0 Å². The molecule has 0 saturated heterocycles. The summed E-state index contributed by atoms with van der Waals surface area (Å²) in [5.74, 6) is 0. The van der Waals surface area contributed by atoms with Crippen molar-refractivity contribution in [3.63, 3.8) is 0 Å². The molecule has 0 aromatic heterocycles. The van der Waals surface area contributed by atoms with Crippen molar-refractivity contribution in [2.24, 2.45) is 0 Å². The SMILES string of the molecule is CCC=C(CCCCCCCCCCCCCCCC)CCCCCCCCCCCCCCCC. The number of unbranched alkanes of at least 4 members (excludes halogenated alkanes) is 26. The highest BCUT2D eigenvalue weighted by Gasteiger charge is 2.00. The molecule has 0 N–H and O–H groups in total. The van der Waals surface area contributed by atoms with Crippen molar-refractivity contribution in [3.05, 3.63) is 11.6 Å². The second-order valence-corrected chi connectivity index (χ2v) is 12.0. The molecule has 216 valence electrons. The third-order valence-electron chi connectivity index (χ3n) is 8.20. The molecule has 36 heavy (non-hydrogen) atoms. The van der Waals surface area contributed by atoms with Gasteiger partial charge in [0.2, 0.25) is 0 Å². The van der Waals surface area contributed by atoms with Crippen molar-refractivity contribution in [1.29, 1.82) is 0 Å². The minimum absolute atomic E-state index is 1.23. The van der Waals surface area contributed by atoms with Gasteiger partial charge in [-0.2, -0.15) is 0 Å². The maximum Gasteiger partial charge on any atom is -0.0320 e. The van der Waals surface area contributed by atoms with E-state index in [9.17, 15) is 0 Å². The monoisotopic (exact) mass is 505 g/mol. The molecular weight excluding hydrogens is 432 g/mol. The van der Waals surface area contributed by atoms with Crippen LogP contribution in [0.2, 0.25) is 0 Å². The normalized spacial score (nSPS) is 11.3. The molecule has 0 fully saturated rings. The summed E-state index contributed by atoms with van der Waals surface area (Å²) >= 11 is 0. The van der Waals surface area contributed by atoms with Crippen LogP contribution in [0.1, 0.15) is 220 Å². The third kappa shape index (κ3) is 30.0. The molecule has 0 atom stereocenters. The largest absolute Gasteiger partial charge is 0.0856 e. The Balaban J connectivity index is 3.39. The number of rotatable bonds is 31. The standard InChI is InChI=1S/C36H72/c1-4-7-9-11-13-15-17-19-21-23-25-27-29-31-34-36(33-6-3)35-32-30-28-26-24-22-20-18-16-14-12-10-8-5-2/h33H,4-32,34-35H2,1-3H3. The highest BCUT2D eigenvalue weighted by atomic mass is 14.1. The molecule has 0 spiro atoms. The fourth-order valence-electron chi connectivity index (χ4n) is 5.71. The summed E-state index contributed by atoms with van der Waals surface area (Å²) in [4.78, 5) is 0. The Morgan fingerprint density at radius 3 is 0.750 bits per heavy atom. The van der Waals surface area contributed by atoms with E-state index in [4.69, 9.17) is 0 Å². The highest BCUT2D eigenvalue weighted by Crippen LogP contribution is 2.20. The van der Waals surface area contributed by atoms with Crippen LogP contribution in [0, 0.1) is 0 Å². The molecule has 0 heteroatoms. The first-order valence-electron chi connectivity index (χ1n) is 17.5. The fourth-order valence-corrected chi connectivity index (χ4v) is 5.71. The van der Waals surface area contributed by atoms with E-state index in [-0.39, 0.29) is 0 Å². The van der Waals surface area contributed by atoms with Crippen LogP contribution in [0.3, 0.4) is 0 Å². The van der Waals surface area contributed by atoms with Crippen LogP contribution in [-0.4, -0.2) is 0 Å². The summed E-state index contributed by atoms with van der Waals surface area (Å²) < 4.78 is 0. The molecule has 0 bridgehead atoms. The molecule has 0 aromatic carbocycles. The molecule has 0 amide bonds. The van der Waals surface area contributed by atoms with Gasteiger partial charge in [-0.15, -0.1) is 0 Å². The van der Waals surface area contributed by atoms with Crippen molar-refractivity contribution in [1.82, 2.24) is 0 Å². The van der Waals surface area contributed by atoms with E-state index in [2.05, 4.69) is 26.8 Å². The molecule has 0 nitrogen and oxygen atoms in total. The Bertz CT molecular complexity index is 372. The van der Waals surface area contributed by atoms with Crippen LogP contribution in [0.5, 0.6) is 0 Å². The van der Waals surface area contributed by atoms with Crippen molar-refractivity contribution < 1.29 is 0 Å².